The largest absolute Gasteiger partial charge is 0.481 e. The number of rotatable bonds is 9. The first kappa shape index (κ1) is 21.1. The lowest BCUT2D eigenvalue weighted by molar-refractivity contribution is -0.141. The van der Waals surface area contributed by atoms with Crippen LogP contribution in [0.25, 0.3) is 0 Å². The quantitative estimate of drug-likeness (QED) is 0.610. The van der Waals surface area contributed by atoms with Gasteiger partial charge in [-0.05, 0) is 18.1 Å². The Labute approximate surface area is 149 Å². The number of hydrogen-bond acceptors (Lipinski definition) is 5. The van der Waals surface area contributed by atoms with Crippen molar-refractivity contribution in [3.05, 3.63) is 30.3 Å². The first-order valence-corrected chi connectivity index (χ1v) is 7.88. The Morgan fingerprint density at radius 1 is 1.15 bits per heavy atom. The van der Waals surface area contributed by atoms with Crippen LogP contribution in [-0.4, -0.2) is 47.7 Å². The molecule has 1 aromatic carbocycles. The molecular formula is C17H21FN2O6. The Balaban J connectivity index is 2.77. The second-order valence-corrected chi connectivity index (χ2v) is 5.82. The number of carboxylic acid groups (broad SMARTS) is 1. The zero-order chi connectivity index (χ0) is 19.7. The molecule has 0 spiro atoms. The third-order valence-corrected chi connectivity index (χ3v) is 3.33. The van der Waals surface area contributed by atoms with Gasteiger partial charge in [-0.25, -0.2) is 9.18 Å². The average Bonchev–Trinajstić information content (AvgIpc) is 2.58. The molecule has 0 bridgehead atoms. The van der Waals surface area contributed by atoms with E-state index in [0.29, 0.717) is 5.69 Å². The zero-order valence-electron chi connectivity index (χ0n) is 14.4. The number of benzene rings is 1. The first-order valence-electron chi connectivity index (χ1n) is 7.88. The van der Waals surface area contributed by atoms with Crippen molar-refractivity contribution in [2.75, 3.05) is 12.0 Å². The number of carbonyl (C=O) groups is 4. The van der Waals surface area contributed by atoms with Gasteiger partial charge in [-0.15, -0.1) is 0 Å². The average molecular weight is 368 g/mol. The third kappa shape index (κ3) is 6.88. The Hall–Kier alpha value is -2.97. The second-order valence-electron chi connectivity index (χ2n) is 5.82. The monoisotopic (exact) mass is 368 g/mol. The fourth-order valence-corrected chi connectivity index (χ4v) is 2.04. The number of nitrogens with one attached hydrogen (secondary N) is 2. The van der Waals surface area contributed by atoms with Crippen LogP contribution in [0.15, 0.2) is 30.3 Å². The van der Waals surface area contributed by atoms with Crippen molar-refractivity contribution in [1.29, 1.82) is 0 Å². The minimum Gasteiger partial charge on any atom is -0.481 e. The van der Waals surface area contributed by atoms with Gasteiger partial charge in [0.15, 0.2) is 11.9 Å². The van der Waals surface area contributed by atoms with E-state index in [1.807, 2.05) is 0 Å². The number of ether oxygens (including phenoxy) is 1. The lowest BCUT2D eigenvalue weighted by Crippen LogP contribution is -2.49. The van der Waals surface area contributed by atoms with Crippen molar-refractivity contribution in [2.24, 2.45) is 5.92 Å². The Kier molecular flexibility index (Phi) is 8.20. The maximum absolute atomic E-state index is 12.6. The summed E-state index contributed by atoms with van der Waals surface area (Å²) in [6, 6.07) is 6.85. The molecule has 0 saturated carbocycles. The van der Waals surface area contributed by atoms with Crippen LogP contribution in [0.3, 0.4) is 0 Å². The molecule has 9 heteroatoms. The van der Waals surface area contributed by atoms with Gasteiger partial charge in [-0.1, -0.05) is 32.0 Å². The molecule has 3 N–H and O–H groups in total. The number of carboxylic acids is 1. The van der Waals surface area contributed by atoms with Crippen molar-refractivity contribution in [3.8, 4) is 0 Å². The summed E-state index contributed by atoms with van der Waals surface area (Å²) < 4.78 is 17.6. The van der Waals surface area contributed by atoms with Crippen LogP contribution in [0.5, 0.6) is 0 Å². The predicted molar refractivity (Wildman–Crippen MR) is 90.3 cm³/mol. The highest BCUT2D eigenvalue weighted by Crippen LogP contribution is 2.11. The van der Waals surface area contributed by atoms with E-state index in [1.54, 1.807) is 44.2 Å². The van der Waals surface area contributed by atoms with Crippen molar-refractivity contribution in [3.63, 3.8) is 0 Å². The van der Waals surface area contributed by atoms with Crippen LogP contribution in [-0.2, 0) is 19.1 Å². The summed E-state index contributed by atoms with van der Waals surface area (Å²) in [5.41, 5.74) is 0.455. The molecule has 1 unspecified atom stereocenters. The highest BCUT2D eigenvalue weighted by atomic mass is 19.1. The van der Waals surface area contributed by atoms with Crippen molar-refractivity contribution in [1.82, 2.24) is 5.32 Å². The molecule has 0 heterocycles. The molecule has 0 aliphatic rings. The van der Waals surface area contributed by atoms with E-state index in [-0.39, 0.29) is 0 Å². The lowest BCUT2D eigenvalue weighted by Gasteiger charge is -2.23. The normalized spacial score (nSPS) is 12.8. The number of Topliss-reactive ketones (excluding diaryl/α,β-unsaturated/α-hetero) is 1. The molecule has 26 heavy (non-hydrogen) atoms. The van der Waals surface area contributed by atoms with Gasteiger partial charge >= 0.3 is 12.1 Å². The molecule has 0 saturated heterocycles. The molecular weight excluding hydrogens is 347 g/mol. The molecule has 2 amide bonds. The molecule has 2 atom stereocenters. The van der Waals surface area contributed by atoms with Crippen LogP contribution >= 0.6 is 0 Å². The Bertz CT molecular complexity index is 650. The highest BCUT2D eigenvalue weighted by molar-refractivity contribution is 5.94. The Morgan fingerprint density at radius 3 is 2.27 bits per heavy atom. The van der Waals surface area contributed by atoms with Gasteiger partial charge in [0.2, 0.25) is 0 Å². The summed E-state index contributed by atoms with van der Waals surface area (Å²) in [4.78, 5) is 46.5. The SMILES string of the molecule is CC(C)[C@H](OC(=O)Nc1ccccc1)C(=O)NC(CC(=O)O)C(=O)CF. The van der Waals surface area contributed by atoms with Gasteiger partial charge in [0.1, 0.15) is 12.7 Å². The van der Waals surface area contributed by atoms with E-state index in [1.165, 1.54) is 0 Å². The third-order valence-electron chi connectivity index (χ3n) is 3.33. The van der Waals surface area contributed by atoms with Crippen LogP contribution < -0.4 is 10.6 Å². The number of aliphatic carboxylic acids is 1. The fourth-order valence-electron chi connectivity index (χ4n) is 2.04. The molecule has 0 radical (unpaired) electrons. The van der Waals surface area contributed by atoms with Gasteiger partial charge in [-0.2, -0.15) is 0 Å². The smallest absolute Gasteiger partial charge is 0.412 e. The first-order chi connectivity index (χ1) is 12.2. The van der Waals surface area contributed by atoms with Gasteiger partial charge in [0, 0.05) is 5.69 Å². The Morgan fingerprint density at radius 2 is 1.77 bits per heavy atom. The highest BCUT2D eigenvalue weighted by Gasteiger charge is 2.31. The molecule has 1 rings (SSSR count). The van der Waals surface area contributed by atoms with E-state index in [4.69, 9.17) is 9.84 Å². The van der Waals surface area contributed by atoms with Gasteiger partial charge < -0.3 is 15.2 Å². The van der Waals surface area contributed by atoms with E-state index in [9.17, 15) is 23.6 Å². The minimum atomic E-state index is -1.54. The molecule has 1 aromatic rings. The number of amides is 2. The minimum absolute atomic E-state index is 0.455. The topological polar surface area (TPSA) is 122 Å². The summed E-state index contributed by atoms with van der Waals surface area (Å²) >= 11 is 0. The lowest BCUT2D eigenvalue weighted by atomic mass is 10.0. The summed E-state index contributed by atoms with van der Waals surface area (Å²) in [5, 5.41) is 13.4. The van der Waals surface area contributed by atoms with Gasteiger partial charge in [0.25, 0.3) is 5.91 Å². The van der Waals surface area contributed by atoms with E-state index in [0.717, 1.165) is 0 Å². The number of alkyl halides is 1. The number of halogens is 1. The van der Waals surface area contributed by atoms with Crippen molar-refractivity contribution >= 4 is 29.4 Å². The van der Waals surface area contributed by atoms with Crippen molar-refractivity contribution in [2.45, 2.75) is 32.4 Å². The van der Waals surface area contributed by atoms with Crippen LogP contribution in [0, 0.1) is 5.92 Å². The molecule has 0 aliphatic carbocycles. The summed E-state index contributed by atoms with van der Waals surface area (Å²) in [5.74, 6) is -3.79. The van der Waals surface area contributed by atoms with E-state index >= 15 is 0 Å². The molecule has 0 fully saturated rings. The fraction of sp³-hybridized carbons (Fsp3) is 0.412. The van der Waals surface area contributed by atoms with Gasteiger partial charge in [0.05, 0.1) is 6.42 Å². The maximum Gasteiger partial charge on any atom is 0.412 e. The molecule has 142 valence electrons. The number of ketones is 1. The van der Waals surface area contributed by atoms with E-state index in [2.05, 4.69) is 10.6 Å². The number of anilines is 1. The number of carbonyl (C=O) groups excluding carboxylic acids is 3. The number of hydrogen-bond donors (Lipinski definition) is 3. The van der Waals surface area contributed by atoms with E-state index < -0.39 is 54.9 Å². The second kappa shape index (κ2) is 10.1. The summed E-state index contributed by atoms with van der Waals surface area (Å²) in [6.07, 6.45) is -2.95. The summed E-state index contributed by atoms with van der Waals surface area (Å²) in [7, 11) is 0. The van der Waals surface area contributed by atoms with Gasteiger partial charge in [-0.3, -0.25) is 19.7 Å². The molecule has 0 aromatic heterocycles. The van der Waals surface area contributed by atoms with Crippen molar-refractivity contribution < 1.29 is 33.4 Å². The summed E-state index contributed by atoms with van der Waals surface area (Å²) in [6.45, 7) is 1.78. The molecule has 8 nitrogen and oxygen atoms in total. The van der Waals surface area contributed by atoms with Crippen LogP contribution in [0.2, 0.25) is 0 Å². The van der Waals surface area contributed by atoms with Crippen LogP contribution in [0.1, 0.15) is 20.3 Å². The zero-order valence-corrected chi connectivity index (χ0v) is 14.4. The maximum atomic E-state index is 12.6. The van der Waals surface area contributed by atoms with Crippen LogP contribution in [0.4, 0.5) is 14.9 Å². The number of para-hydroxylation sites is 1. The predicted octanol–water partition coefficient (Wildman–Crippen LogP) is 1.76. The molecule has 0 aliphatic heterocycles. The standard InChI is InChI=1S/C17H21FN2O6/c1-10(2)15(26-17(25)19-11-6-4-3-5-7-11)16(24)20-12(8-14(22)23)13(21)9-18/h3-7,10,12,15H,8-9H2,1-2H3,(H,19,25)(H,20,24)(H,22,23)/t12?,15-/m0/s1.